The zero-order chi connectivity index (χ0) is 19.9. The Bertz CT molecular complexity index is 989. The van der Waals surface area contributed by atoms with Gasteiger partial charge in [-0.3, -0.25) is 9.78 Å². The number of rotatable bonds is 6. The second kappa shape index (κ2) is 8.68. The molecule has 1 aromatic heterocycles. The summed E-state index contributed by atoms with van der Waals surface area (Å²) in [7, 11) is 2.74. The van der Waals surface area contributed by atoms with Crippen LogP contribution in [0.25, 0.3) is 0 Å². The second-order valence-corrected chi connectivity index (χ2v) is 5.65. The van der Waals surface area contributed by atoms with Crippen LogP contribution in [0.15, 0.2) is 66.9 Å². The van der Waals surface area contributed by atoms with Gasteiger partial charge in [-0.25, -0.2) is 4.79 Å². The molecule has 0 saturated heterocycles. The maximum absolute atomic E-state index is 12.6. The molecule has 0 radical (unpaired) electrons. The minimum Gasteiger partial charge on any atom is -0.495 e. The Morgan fingerprint density at radius 3 is 2.43 bits per heavy atom. The molecule has 142 valence electrons. The van der Waals surface area contributed by atoms with Crippen LogP contribution in [0.5, 0.6) is 17.2 Å². The minimum absolute atomic E-state index is 0.174. The summed E-state index contributed by atoms with van der Waals surface area (Å²) >= 11 is 0. The van der Waals surface area contributed by atoms with Gasteiger partial charge < -0.3 is 19.5 Å². The number of amides is 1. The lowest BCUT2D eigenvalue weighted by atomic mass is 10.2. The largest absolute Gasteiger partial charge is 0.495 e. The summed E-state index contributed by atoms with van der Waals surface area (Å²) < 4.78 is 15.7. The van der Waals surface area contributed by atoms with E-state index in [0.717, 1.165) is 0 Å². The van der Waals surface area contributed by atoms with Gasteiger partial charge in [-0.1, -0.05) is 18.2 Å². The first-order valence-corrected chi connectivity index (χ1v) is 8.37. The molecule has 0 bridgehead atoms. The fourth-order valence-corrected chi connectivity index (χ4v) is 2.45. The van der Waals surface area contributed by atoms with Crippen molar-refractivity contribution in [3.8, 4) is 17.2 Å². The molecular weight excluding hydrogens is 360 g/mol. The van der Waals surface area contributed by atoms with Gasteiger partial charge in [-0.2, -0.15) is 0 Å². The standard InChI is InChI=1S/C21H18N2O5/c1-26-19-12-14(21(25)27-2)8-9-17(19)23-20(24)18-13-16(10-11-22-18)28-15-6-4-3-5-7-15/h3-13H,1-2H3,(H,23,24). The molecule has 0 spiro atoms. The molecule has 7 nitrogen and oxygen atoms in total. The Morgan fingerprint density at radius 1 is 0.929 bits per heavy atom. The second-order valence-electron chi connectivity index (χ2n) is 5.65. The fraction of sp³-hybridized carbons (Fsp3) is 0.0952. The molecule has 0 aliphatic carbocycles. The molecule has 0 unspecified atom stereocenters. The van der Waals surface area contributed by atoms with Crippen LogP contribution in [0.4, 0.5) is 5.69 Å². The summed E-state index contributed by atoms with van der Waals surface area (Å²) in [6.07, 6.45) is 1.49. The lowest BCUT2D eigenvalue weighted by Gasteiger charge is -2.12. The molecule has 0 fully saturated rings. The number of esters is 1. The quantitative estimate of drug-likeness (QED) is 0.654. The zero-order valence-electron chi connectivity index (χ0n) is 15.3. The first-order chi connectivity index (χ1) is 13.6. The van der Waals surface area contributed by atoms with Gasteiger partial charge in [-0.15, -0.1) is 0 Å². The zero-order valence-corrected chi connectivity index (χ0v) is 15.3. The number of hydrogen-bond acceptors (Lipinski definition) is 6. The third-order valence-corrected chi connectivity index (χ3v) is 3.81. The number of carbonyl (C=O) groups excluding carboxylic acids is 2. The van der Waals surface area contributed by atoms with Crippen molar-refractivity contribution in [1.29, 1.82) is 0 Å². The molecule has 0 atom stereocenters. The molecule has 3 rings (SSSR count). The number of methoxy groups -OCH3 is 2. The molecule has 0 aliphatic heterocycles. The van der Waals surface area contributed by atoms with E-state index in [1.165, 1.54) is 38.6 Å². The molecule has 0 aliphatic rings. The van der Waals surface area contributed by atoms with E-state index in [1.54, 1.807) is 12.1 Å². The Hall–Kier alpha value is -3.87. The van der Waals surface area contributed by atoms with Crippen LogP contribution < -0.4 is 14.8 Å². The maximum Gasteiger partial charge on any atom is 0.337 e. The summed E-state index contributed by atoms with van der Waals surface area (Å²) in [4.78, 5) is 28.3. The first-order valence-electron chi connectivity index (χ1n) is 8.37. The van der Waals surface area contributed by atoms with Gasteiger partial charge in [0.25, 0.3) is 5.91 Å². The van der Waals surface area contributed by atoms with E-state index < -0.39 is 11.9 Å². The number of carbonyl (C=O) groups is 2. The number of anilines is 1. The predicted octanol–water partition coefficient (Wildman–Crippen LogP) is 3.92. The van der Waals surface area contributed by atoms with E-state index in [0.29, 0.717) is 28.5 Å². The number of pyridine rings is 1. The number of hydrogen-bond donors (Lipinski definition) is 1. The highest BCUT2D eigenvalue weighted by Gasteiger charge is 2.15. The highest BCUT2D eigenvalue weighted by atomic mass is 16.5. The Kier molecular flexibility index (Phi) is 5.86. The van der Waals surface area contributed by atoms with Crippen LogP contribution >= 0.6 is 0 Å². The molecule has 2 aromatic carbocycles. The smallest absolute Gasteiger partial charge is 0.337 e. The monoisotopic (exact) mass is 378 g/mol. The Balaban J connectivity index is 1.78. The van der Waals surface area contributed by atoms with Gasteiger partial charge in [0.15, 0.2) is 0 Å². The van der Waals surface area contributed by atoms with Gasteiger partial charge >= 0.3 is 5.97 Å². The number of ether oxygens (including phenoxy) is 3. The number of aromatic nitrogens is 1. The summed E-state index contributed by atoms with van der Waals surface area (Å²) in [6.45, 7) is 0. The maximum atomic E-state index is 12.6. The average Bonchev–Trinajstić information content (AvgIpc) is 2.74. The van der Waals surface area contributed by atoms with E-state index >= 15 is 0 Å². The van der Waals surface area contributed by atoms with Crippen molar-refractivity contribution >= 4 is 17.6 Å². The highest BCUT2D eigenvalue weighted by Crippen LogP contribution is 2.27. The van der Waals surface area contributed by atoms with Gasteiger partial charge in [0.05, 0.1) is 25.5 Å². The number of nitrogens with zero attached hydrogens (tertiary/aromatic N) is 1. The number of para-hydroxylation sites is 1. The molecule has 1 heterocycles. The van der Waals surface area contributed by atoms with Gasteiger partial charge in [0.2, 0.25) is 0 Å². The molecule has 1 amide bonds. The van der Waals surface area contributed by atoms with E-state index in [1.807, 2.05) is 30.3 Å². The summed E-state index contributed by atoms with van der Waals surface area (Å²) in [6, 6.07) is 17.0. The molecule has 1 N–H and O–H groups in total. The summed E-state index contributed by atoms with van der Waals surface area (Å²) in [5, 5.41) is 2.72. The predicted molar refractivity (Wildman–Crippen MR) is 103 cm³/mol. The average molecular weight is 378 g/mol. The van der Waals surface area contributed by atoms with Crippen LogP contribution in [0.2, 0.25) is 0 Å². The van der Waals surface area contributed by atoms with Crippen molar-refractivity contribution < 1.29 is 23.8 Å². The summed E-state index contributed by atoms with van der Waals surface area (Å²) in [5.41, 5.74) is 0.887. The van der Waals surface area contributed by atoms with E-state index in [4.69, 9.17) is 9.47 Å². The Labute approximate surface area is 161 Å². The van der Waals surface area contributed by atoms with E-state index in [2.05, 4.69) is 15.0 Å². The van der Waals surface area contributed by atoms with Crippen LogP contribution in [-0.4, -0.2) is 31.1 Å². The normalized spacial score (nSPS) is 10.1. The molecule has 7 heteroatoms. The van der Waals surface area contributed by atoms with E-state index in [9.17, 15) is 9.59 Å². The molecule has 3 aromatic rings. The third kappa shape index (κ3) is 4.45. The lowest BCUT2D eigenvalue weighted by molar-refractivity contribution is 0.0600. The van der Waals surface area contributed by atoms with Crippen LogP contribution in [0.3, 0.4) is 0 Å². The van der Waals surface area contributed by atoms with Gasteiger partial charge in [0, 0.05) is 12.3 Å². The Morgan fingerprint density at radius 2 is 1.71 bits per heavy atom. The number of benzene rings is 2. The molecular formula is C21H18N2O5. The van der Waals surface area contributed by atoms with Crippen molar-refractivity contribution in [2.75, 3.05) is 19.5 Å². The minimum atomic E-state index is -0.497. The SMILES string of the molecule is COC(=O)c1ccc(NC(=O)c2cc(Oc3ccccc3)ccn2)c(OC)c1. The van der Waals surface area contributed by atoms with Gasteiger partial charge in [-0.05, 0) is 36.4 Å². The van der Waals surface area contributed by atoms with Crippen LogP contribution in [0.1, 0.15) is 20.8 Å². The van der Waals surface area contributed by atoms with Crippen LogP contribution in [0, 0.1) is 0 Å². The summed E-state index contributed by atoms with van der Waals surface area (Å²) in [5.74, 6) is 0.527. The molecule has 0 saturated carbocycles. The first kappa shape index (κ1) is 18.9. The van der Waals surface area contributed by atoms with Gasteiger partial charge in [0.1, 0.15) is 22.9 Å². The lowest BCUT2D eigenvalue weighted by Crippen LogP contribution is -2.14. The van der Waals surface area contributed by atoms with Crippen molar-refractivity contribution in [2.24, 2.45) is 0 Å². The van der Waals surface area contributed by atoms with Crippen molar-refractivity contribution in [2.45, 2.75) is 0 Å². The number of nitrogens with one attached hydrogen (secondary N) is 1. The topological polar surface area (TPSA) is 86.8 Å². The third-order valence-electron chi connectivity index (χ3n) is 3.81. The van der Waals surface area contributed by atoms with Crippen molar-refractivity contribution in [3.05, 3.63) is 78.1 Å². The highest BCUT2D eigenvalue weighted by molar-refractivity contribution is 6.04. The van der Waals surface area contributed by atoms with Crippen LogP contribution in [-0.2, 0) is 4.74 Å². The van der Waals surface area contributed by atoms with Crippen molar-refractivity contribution in [1.82, 2.24) is 4.98 Å². The van der Waals surface area contributed by atoms with E-state index in [-0.39, 0.29) is 5.69 Å². The fourth-order valence-electron chi connectivity index (χ4n) is 2.45. The van der Waals surface area contributed by atoms with Crippen molar-refractivity contribution in [3.63, 3.8) is 0 Å². The molecule has 28 heavy (non-hydrogen) atoms.